The average Bonchev–Trinajstić information content (AvgIpc) is 3.42. The van der Waals surface area contributed by atoms with E-state index in [4.69, 9.17) is 86.9 Å². The Kier molecular flexibility index (Phi) is 31.3. The Hall–Kier alpha value is -5.56. The van der Waals surface area contributed by atoms with E-state index in [2.05, 4.69) is 72.4 Å². The molecular formula is C54H45Br2Cl7N10O4Zn. The summed E-state index contributed by atoms with van der Waals surface area (Å²) in [7, 11) is 3.15. The van der Waals surface area contributed by atoms with Gasteiger partial charge in [0.1, 0.15) is 0 Å². The number of aryl methyl sites for hydroxylation is 2. The number of amides is 2. The van der Waals surface area contributed by atoms with E-state index in [-0.39, 0.29) is 17.0 Å². The van der Waals surface area contributed by atoms with Crippen molar-refractivity contribution < 1.29 is 25.9 Å². The van der Waals surface area contributed by atoms with Gasteiger partial charge in [0.05, 0.1) is 22.5 Å². The fraction of sp³-hybridized carbons (Fsp3) is 0.0926. The zero-order valence-corrected chi connectivity index (χ0v) is 52.8. The molecule has 0 saturated carbocycles. The first-order valence-corrected chi connectivity index (χ1v) is 33.0. The molecule has 3 N–H and O–H groups in total. The maximum atomic E-state index is 12.2. The van der Waals surface area contributed by atoms with Crippen LogP contribution < -0.4 is 22.2 Å². The van der Waals surface area contributed by atoms with E-state index in [9.17, 15) is 19.2 Å². The van der Waals surface area contributed by atoms with E-state index in [1.165, 1.54) is 67.7 Å². The monoisotopic (exact) mass is 1360 g/mol. The molecule has 0 radical (unpaired) electrons. The summed E-state index contributed by atoms with van der Waals surface area (Å²) in [5, 5.41) is 30.4. The maximum absolute atomic E-state index is 12.2. The van der Waals surface area contributed by atoms with Gasteiger partial charge in [-0.25, -0.2) is 0 Å². The summed E-state index contributed by atoms with van der Waals surface area (Å²) in [5.74, 6) is -0.540. The summed E-state index contributed by atoms with van der Waals surface area (Å²) in [6.45, 7) is 3.70. The number of aromatic nitrogens is 8. The van der Waals surface area contributed by atoms with Gasteiger partial charge in [-0.15, -0.1) is 32.5 Å². The van der Waals surface area contributed by atoms with Crippen molar-refractivity contribution in [2.45, 2.75) is 18.2 Å². The number of anilines is 1. The number of nitrogens with one attached hydrogen (secondary N) is 1. The first-order valence-electron chi connectivity index (χ1n) is 22.3. The summed E-state index contributed by atoms with van der Waals surface area (Å²) in [6, 6.07) is 46.2. The summed E-state index contributed by atoms with van der Waals surface area (Å²) >= 11 is 47.1. The van der Waals surface area contributed by atoms with Gasteiger partial charge in [-0.2, -0.15) is 28.8 Å². The van der Waals surface area contributed by atoms with Gasteiger partial charge in [0, 0.05) is 71.9 Å². The number of benzene rings is 4. The van der Waals surface area contributed by atoms with Crippen LogP contribution in [0.5, 0.6) is 0 Å². The Labute approximate surface area is 510 Å². The van der Waals surface area contributed by atoms with Crippen molar-refractivity contribution in [3.63, 3.8) is 0 Å². The van der Waals surface area contributed by atoms with Crippen LogP contribution in [0, 0.1) is 6.92 Å². The zero-order valence-electron chi connectivity index (χ0n) is 41.4. The van der Waals surface area contributed by atoms with Crippen LogP contribution in [0.15, 0.2) is 180 Å². The predicted molar refractivity (Wildman–Crippen MR) is 318 cm³/mol. The van der Waals surface area contributed by atoms with Gasteiger partial charge in [-0.3, -0.25) is 19.2 Å². The standard InChI is InChI=1S/C18H15ClN4O2.C11H8Cl2N2.C7H6BrCl.C7H6Cl.C7H8N2O2.C4H2Cl2N2.BrH.Zn/c1-23-11-13(5-8-17(23)24)18(25)20-16-7-6-15(21-22-16)10-12-3-2-4-14(19)9-12;12-9-3-1-2-8(6-9)7-10-4-5-11(13)15-14-10;8-5-6-2-1-3-7(9)4-6;1-6-3-2-4-7(8)5-6;1-9-4-5(7(8)11)2-3-6(9)10;5-3-1-2-4(6)8-7-3;;/h2-9,11H,10H2,1H3,(H,20,22,25);1-6H,7H2;1-4H,5H2;2-5H,1H2;2-4H,1H3,(H2,8,11);1-2H;1H;/q;;;-1;;;;+2/p-1. The number of carbonyl (C=O) groups is 2. The number of rotatable bonds is 8. The molecular weight excluding hydrogens is 1330 g/mol. The molecule has 5 aromatic heterocycles. The average molecular weight is 1370 g/mol. The van der Waals surface area contributed by atoms with Crippen LogP contribution in [0.1, 0.15) is 54.4 Å². The molecule has 9 aromatic rings. The molecule has 0 atom stereocenters. The molecule has 2 amide bonds. The van der Waals surface area contributed by atoms with Crippen LogP contribution in [0.4, 0.5) is 5.82 Å². The van der Waals surface area contributed by atoms with Crippen LogP contribution >= 0.6 is 111 Å². The number of nitrogens with zero attached hydrogens (tertiary/aromatic N) is 8. The number of nitrogens with two attached hydrogens (primary N) is 1. The second-order valence-corrected chi connectivity index (χ2v) is 19.0. The zero-order chi connectivity index (χ0) is 57.6. The predicted octanol–water partition coefficient (Wildman–Crippen LogP) is 13.9. The van der Waals surface area contributed by atoms with E-state index < -0.39 is 5.91 Å². The molecule has 0 unspecified atom stereocenters. The summed E-state index contributed by atoms with van der Waals surface area (Å²) in [6.07, 6.45) is 4.19. The second kappa shape index (κ2) is 36.6. The number of pyridine rings is 2. The molecule has 0 aliphatic heterocycles. The Morgan fingerprint density at radius 2 is 0.923 bits per heavy atom. The third kappa shape index (κ3) is 26.9. The van der Waals surface area contributed by atoms with Crippen LogP contribution in [-0.4, -0.2) is 51.5 Å². The van der Waals surface area contributed by atoms with E-state index in [1.807, 2.05) is 103 Å². The van der Waals surface area contributed by atoms with Crippen LogP contribution in [0.3, 0.4) is 0 Å². The normalized spacial score (nSPS) is 9.76. The third-order valence-corrected chi connectivity index (χ3v) is 11.6. The van der Waals surface area contributed by atoms with Gasteiger partial charge in [0.15, 0.2) is 21.3 Å². The van der Waals surface area contributed by atoms with Gasteiger partial charge in [0.2, 0.25) is 17.0 Å². The molecule has 5 heterocycles. The van der Waals surface area contributed by atoms with Gasteiger partial charge >= 0.3 is 30.0 Å². The van der Waals surface area contributed by atoms with Gasteiger partial charge in [-0.1, -0.05) is 140 Å². The van der Waals surface area contributed by atoms with Gasteiger partial charge in [0.25, 0.3) is 5.91 Å². The van der Waals surface area contributed by atoms with E-state index >= 15 is 0 Å². The van der Waals surface area contributed by atoms with Crippen LogP contribution in [0.25, 0.3) is 0 Å². The first kappa shape index (κ1) is 66.7. The number of hydrogen-bond acceptors (Lipinski definition) is 10. The Bertz CT molecular complexity index is 3380. The van der Waals surface area contributed by atoms with Crippen molar-refractivity contribution in [3.05, 3.63) is 278 Å². The van der Waals surface area contributed by atoms with Crippen molar-refractivity contribution in [3.8, 4) is 0 Å². The number of carbonyl (C=O) groups excluding carboxylic acids is 2. The minimum atomic E-state index is -0.527. The molecule has 4 aromatic carbocycles. The van der Waals surface area contributed by atoms with Crippen molar-refractivity contribution in [1.29, 1.82) is 0 Å². The molecule has 0 saturated heterocycles. The molecule has 0 spiro atoms. The van der Waals surface area contributed by atoms with E-state index in [1.54, 1.807) is 44.4 Å². The molecule has 0 aliphatic carbocycles. The van der Waals surface area contributed by atoms with Crippen molar-refractivity contribution >= 4 is 128 Å². The molecule has 14 nitrogen and oxygen atoms in total. The fourth-order valence-electron chi connectivity index (χ4n) is 5.78. The first-order chi connectivity index (χ1) is 37.3. The Morgan fingerprint density at radius 3 is 1.28 bits per heavy atom. The molecule has 78 heavy (non-hydrogen) atoms. The van der Waals surface area contributed by atoms with E-state index in [0.29, 0.717) is 50.3 Å². The molecule has 400 valence electrons. The Morgan fingerprint density at radius 1 is 0.526 bits per heavy atom. The Balaban J connectivity index is 0.000000260. The van der Waals surface area contributed by atoms with Crippen molar-refractivity contribution in [2.75, 3.05) is 5.32 Å². The molecule has 0 fully saturated rings. The van der Waals surface area contributed by atoms with Crippen molar-refractivity contribution in [1.82, 2.24) is 39.7 Å². The molecule has 0 bridgehead atoms. The summed E-state index contributed by atoms with van der Waals surface area (Å²) < 4.78 is 2.65. The topological polar surface area (TPSA) is 194 Å². The minimum absolute atomic E-state index is 0.157. The van der Waals surface area contributed by atoms with Crippen LogP contribution in [0.2, 0.25) is 35.5 Å². The summed E-state index contributed by atoms with van der Waals surface area (Å²) in [4.78, 5) is 44.9. The van der Waals surface area contributed by atoms with Crippen LogP contribution in [-0.2, 0) is 48.6 Å². The quantitative estimate of drug-likeness (QED) is 0.0840. The van der Waals surface area contributed by atoms with Gasteiger partial charge in [-0.05, 0) is 107 Å². The second-order valence-electron chi connectivity index (χ2n) is 15.5. The van der Waals surface area contributed by atoms with Crippen molar-refractivity contribution in [2.24, 2.45) is 19.8 Å². The molecule has 9 rings (SSSR count). The molecule has 24 heteroatoms. The number of alkyl halides is 1. The number of halogens is 9. The number of primary amides is 1. The van der Waals surface area contributed by atoms with E-state index in [0.717, 1.165) is 48.5 Å². The fourth-order valence-corrected chi connectivity index (χ4v) is 7.29. The van der Waals surface area contributed by atoms with Gasteiger partial charge < -0.3 is 20.2 Å². The summed E-state index contributed by atoms with van der Waals surface area (Å²) in [5.41, 5.74) is 11.3. The number of hydrogen-bond donors (Lipinski definition) is 2. The third-order valence-electron chi connectivity index (χ3n) is 9.45. The SMILES string of the molecule is Clc1ccc(Cl)nn1.Clc1cccc(CBr)c1.Clc1cccc(Cc2ccc(Cl)nn2)c1.Cn1cc(C(=O)Nc2ccc(Cc3cccc(Cl)c3)nn2)ccc1=O.Cn1cc(C(N)=O)ccc1=O.[CH2-]c1cccc(Cl)c1.[Zn+][Br]. The molecule has 0 aliphatic rings.